The van der Waals surface area contributed by atoms with Gasteiger partial charge in [0, 0.05) is 6.20 Å². The summed E-state index contributed by atoms with van der Waals surface area (Å²) in [6.45, 7) is 0.578. The van der Waals surface area contributed by atoms with Gasteiger partial charge < -0.3 is 10.7 Å². The lowest BCUT2D eigenvalue weighted by molar-refractivity contribution is 0.920. The molecule has 0 aliphatic carbocycles. The molecule has 0 saturated carbocycles. The Balaban J connectivity index is 1.99. The number of pyridine rings is 1. The lowest BCUT2D eigenvalue weighted by Gasteiger charge is -2.05. The van der Waals surface area contributed by atoms with Crippen LogP contribution < -0.4 is 16.6 Å². The van der Waals surface area contributed by atoms with Gasteiger partial charge in [0.15, 0.2) is 0 Å². The molecule has 0 unspecified atom stereocenters. The highest BCUT2D eigenvalue weighted by Crippen LogP contribution is 2.08. The molecule has 0 bridgehead atoms. The Morgan fingerprint density at radius 1 is 1.12 bits per heavy atom. The first kappa shape index (κ1) is 10.3. The zero-order valence-electron chi connectivity index (χ0n) is 8.59. The number of nitrogens with one attached hydrogen (secondary N) is 2. The van der Waals surface area contributed by atoms with Gasteiger partial charge in [-0.1, -0.05) is 6.07 Å². The molecule has 0 aliphatic rings. The topological polar surface area (TPSA) is 88.8 Å². The predicted molar refractivity (Wildman–Crippen MR) is 61.4 cm³/mol. The number of nitrogens with two attached hydrogens (primary N) is 1. The highest BCUT2D eigenvalue weighted by molar-refractivity contribution is 5.44. The molecular formula is C10H12N6. The predicted octanol–water partition coefficient (Wildman–Crippen LogP) is 0.769. The highest BCUT2D eigenvalue weighted by Gasteiger charge is 1.97. The zero-order chi connectivity index (χ0) is 11.2. The molecule has 2 heterocycles. The lowest BCUT2D eigenvalue weighted by atomic mass is 10.4. The van der Waals surface area contributed by atoms with Crippen molar-refractivity contribution in [1.82, 2.24) is 15.2 Å². The van der Waals surface area contributed by atoms with E-state index in [2.05, 4.69) is 25.9 Å². The van der Waals surface area contributed by atoms with Gasteiger partial charge in [-0.05, 0) is 24.3 Å². The number of hydrogen-bond acceptors (Lipinski definition) is 6. The van der Waals surface area contributed by atoms with E-state index < -0.39 is 0 Å². The maximum absolute atomic E-state index is 5.26. The smallest absolute Gasteiger partial charge is 0.142 e. The third kappa shape index (κ3) is 2.64. The van der Waals surface area contributed by atoms with Crippen LogP contribution in [0.3, 0.4) is 0 Å². The number of rotatable bonds is 4. The number of nitrogen functional groups attached to an aromatic ring is 1. The number of aromatic nitrogens is 3. The molecule has 0 radical (unpaired) electrons. The Hall–Kier alpha value is -2.21. The minimum atomic E-state index is 0.578. The van der Waals surface area contributed by atoms with E-state index in [1.807, 2.05) is 24.3 Å². The standard InChI is InChI=1S/C10H12N6/c11-15-10-5-1-4-9(14-10)12-7-8-3-2-6-13-16-8/h1-6H,7,11H2,(H2,12,14,15). The summed E-state index contributed by atoms with van der Waals surface area (Å²) < 4.78 is 0. The third-order valence-corrected chi connectivity index (χ3v) is 1.98. The average Bonchev–Trinajstić information content (AvgIpc) is 2.38. The maximum Gasteiger partial charge on any atom is 0.142 e. The molecule has 4 N–H and O–H groups in total. The molecule has 0 aromatic carbocycles. The van der Waals surface area contributed by atoms with Crippen LogP contribution in [0.5, 0.6) is 0 Å². The first-order valence-electron chi connectivity index (χ1n) is 4.82. The van der Waals surface area contributed by atoms with E-state index in [9.17, 15) is 0 Å². The van der Waals surface area contributed by atoms with Gasteiger partial charge in [-0.2, -0.15) is 10.2 Å². The van der Waals surface area contributed by atoms with Gasteiger partial charge in [0.05, 0.1) is 12.2 Å². The third-order valence-electron chi connectivity index (χ3n) is 1.98. The van der Waals surface area contributed by atoms with E-state index >= 15 is 0 Å². The monoisotopic (exact) mass is 216 g/mol. The van der Waals surface area contributed by atoms with Crippen LogP contribution in [0.4, 0.5) is 11.6 Å². The van der Waals surface area contributed by atoms with Crippen LogP contribution in [0, 0.1) is 0 Å². The summed E-state index contributed by atoms with van der Waals surface area (Å²) in [7, 11) is 0. The first-order valence-corrected chi connectivity index (χ1v) is 4.82. The molecule has 0 saturated heterocycles. The Kier molecular flexibility index (Phi) is 3.25. The quantitative estimate of drug-likeness (QED) is 0.516. The van der Waals surface area contributed by atoms with Crippen LogP contribution in [0.2, 0.25) is 0 Å². The summed E-state index contributed by atoms with van der Waals surface area (Å²) in [6, 6.07) is 9.24. The number of hydrogen-bond donors (Lipinski definition) is 3. The van der Waals surface area contributed by atoms with Crippen LogP contribution in [0.15, 0.2) is 36.5 Å². The molecule has 2 aromatic rings. The second kappa shape index (κ2) is 5.04. The van der Waals surface area contributed by atoms with E-state index in [1.54, 1.807) is 12.3 Å². The van der Waals surface area contributed by atoms with E-state index in [0.29, 0.717) is 12.4 Å². The molecular weight excluding hydrogens is 204 g/mol. The Bertz CT molecular complexity index is 444. The minimum absolute atomic E-state index is 0.578. The second-order valence-electron chi connectivity index (χ2n) is 3.12. The number of nitrogens with zero attached hydrogens (tertiary/aromatic N) is 3. The van der Waals surface area contributed by atoms with E-state index in [-0.39, 0.29) is 0 Å². The fourth-order valence-corrected chi connectivity index (χ4v) is 1.22. The van der Waals surface area contributed by atoms with Crippen molar-refractivity contribution in [2.45, 2.75) is 6.54 Å². The number of anilines is 2. The van der Waals surface area contributed by atoms with Gasteiger partial charge in [-0.15, -0.1) is 0 Å². The molecule has 0 amide bonds. The van der Waals surface area contributed by atoms with Crippen LogP contribution in [0.1, 0.15) is 5.69 Å². The SMILES string of the molecule is NNc1cccc(NCc2cccnn2)n1. The van der Waals surface area contributed by atoms with Crippen LogP contribution in [-0.2, 0) is 6.54 Å². The van der Waals surface area contributed by atoms with Crippen molar-refractivity contribution in [3.63, 3.8) is 0 Å². The summed E-state index contributed by atoms with van der Waals surface area (Å²) in [6.07, 6.45) is 1.64. The first-order chi connectivity index (χ1) is 7.88. The molecule has 0 aliphatic heterocycles. The fraction of sp³-hybridized carbons (Fsp3) is 0.100. The average molecular weight is 216 g/mol. The van der Waals surface area contributed by atoms with Crippen molar-refractivity contribution in [2.75, 3.05) is 10.7 Å². The van der Waals surface area contributed by atoms with E-state index in [1.165, 1.54) is 0 Å². The highest BCUT2D eigenvalue weighted by atomic mass is 15.3. The summed E-state index contributed by atoms with van der Waals surface area (Å²) >= 11 is 0. The molecule has 6 nitrogen and oxygen atoms in total. The van der Waals surface area contributed by atoms with Crippen molar-refractivity contribution in [3.8, 4) is 0 Å². The molecule has 2 rings (SSSR count). The Morgan fingerprint density at radius 3 is 2.75 bits per heavy atom. The van der Waals surface area contributed by atoms with Gasteiger partial charge in [0.1, 0.15) is 11.6 Å². The van der Waals surface area contributed by atoms with Crippen LogP contribution in [-0.4, -0.2) is 15.2 Å². The largest absolute Gasteiger partial charge is 0.364 e. The maximum atomic E-state index is 5.26. The minimum Gasteiger partial charge on any atom is -0.364 e. The zero-order valence-corrected chi connectivity index (χ0v) is 8.59. The summed E-state index contributed by atoms with van der Waals surface area (Å²) in [5, 5.41) is 10.9. The van der Waals surface area contributed by atoms with Gasteiger partial charge in [0.25, 0.3) is 0 Å². The summed E-state index contributed by atoms with van der Waals surface area (Å²) in [4.78, 5) is 4.21. The summed E-state index contributed by atoms with van der Waals surface area (Å²) in [5.74, 6) is 6.62. The fourth-order valence-electron chi connectivity index (χ4n) is 1.22. The van der Waals surface area contributed by atoms with Crippen molar-refractivity contribution in [3.05, 3.63) is 42.2 Å². The summed E-state index contributed by atoms with van der Waals surface area (Å²) in [5.41, 5.74) is 3.34. The van der Waals surface area contributed by atoms with Crippen molar-refractivity contribution >= 4 is 11.6 Å². The van der Waals surface area contributed by atoms with Gasteiger partial charge in [-0.3, -0.25) is 0 Å². The lowest BCUT2D eigenvalue weighted by Crippen LogP contribution is -2.10. The second-order valence-corrected chi connectivity index (χ2v) is 3.12. The molecule has 82 valence electrons. The van der Waals surface area contributed by atoms with Crippen molar-refractivity contribution in [2.24, 2.45) is 5.84 Å². The van der Waals surface area contributed by atoms with E-state index in [4.69, 9.17) is 5.84 Å². The Morgan fingerprint density at radius 2 is 2.00 bits per heavy atom. The van der Waals surface area contributed by atoms with Crippen molar-refractivity contribution < 1.29 is 0 Å². The molecule has 0 atom stereocenters. The van der Waals surface area contributed by atoms with Gasteiger partial charge >= 0.3 is 0 Å². The molecule has 0 spiro atoms. The van der Waals surface area contributed by atoms with Gasteiger partial charge in [-0.25, -0.2) is 10.8 Å². The van der Waals surface area contributed by atoms with Crippen LogP contribution >= 0.6 is 0 Å². The Labute approximate surface area is 92.9 Å². The molecule has 16 heavy (non-hydrogen) atoms. The molecule has 2 aromatic heterocycles. The van der Waals surface area contributed by atoms with Crippen LogP contribution in [0.25, 0.3) is 0 Å². The number of hydrazine groups is 1. The molecule has 6 heteroatoms. The van der Waals surface area contributed by atoms with Crippen molar-refractivity contribution in [1.29, 1.82) is 0 Å². The van der Waals surface area contributed by atoms with E-state index in [0.717, 1.165) is 11.5 Å². The van der Waals surface area contributed by atoms with Gasteiger partial charge in [0.2, 0.25) is 0 Å². The normalized spacial score (nSPS) is 9.81. The molecule has 0 fully saturated rings.